The van der Waals surface area contributed by atoms with Crippen molar-refractivity contribution in [3.8, 4) is 17.5 Å². The maximum absolute atomic E-state index is 13.2. The van der Waals surface area contributed by atoms with Gasteiger partial charge in [0.2, 0.25) is 0 Å². The van der Waals surface area contributed by atoms with Crippen molar-refractivity contribution in [3.63, 3.8) is 0 Å². The van der Waals surface area contributed by atoms with E-state index in [2.05, 4.69) is 9.97 Å². The van der Waals surface area contributed by atoms with Crippen molar-refractivity contribution in [2.24, 2.45) is 0 Å². The normalized spacial score (nSPS) is 10.5. The molecule has 3 aromatic rings. The molecule has 1 aromatic heterocycles. The van der Waals surface area contributed by atoms with Gasteiger partial charge in [0.15, 0.2) is 11.6 Å². The monoisotopic (exact) mass is 283 g/mol. The van der Waals surface area contributed by atoms with Gasteiger partial charge in [-0.3, -0.25) is 4.79 Å². The van der Waals surface area contributed by atoms with Gasteiger partial charge >= 0.3 is 0 Å². The van der Waals surface area contributed by atoms with E-state index in [1.807, 2.05) is 6.07 Å². The maximum Gasteiger partial charge on any atom is 0.259 e. The van der Waals surface area contributed by atoms with Crippen molar-refractivity contribution >= 4 is 10.9 Å². The highest BCUT2D eigenvalue weighted by Gasteiger charge is 2.10. The molecule has 0 bridgehead atoms. The number of aromatic amines is 1. The van der Waals surface area contributed by atoms with Crippen molar-refractivity contribution in [2.45, 2.75) is 0 Å². The molecule has 0 aliphatic heterocycles. The lowest BCUT2D eigenvalue weighted by atomic mass is 10.1. The van der Waals surface area contributed by atoms with E-state index in [0.29, 0.717) is 11.1 Å². The molecule has 6 heteroatoms. The Morgan fingerprint density at radius 2 is 1.76 bits per heavy atom. The molecule has 4 nitrogen and oxygen atoms in total. The first-order chi connectivity index (χ1) is 10.1. The highest BCUT2D eigenvalue weighted by Crippen LogP contribution is 2.18. The van der Waals surface area contributed by atoms with E-state index in [4.69, 9.17) is 5.26 Å². The zero-order valence-corrected chi connectivity index (χ0v) is 10.5. The van der Waals surface area contributed by atoms with Crippen LogP contribution in [0.2, 0.25) is 0 Å². The lowest BCUT2D eigenvalue weighted by Crippen LogP contribution is -2.10. The Morgan fingerprint density at radius 1 is 1.10 bits per heavy atom. The van der Waals surface area contributed by atoms with Gasteiger partial charge in [-0.2, -0.15) is 5.26 Å². The van der Waals surface area contributed by atoms with Crippen molar-refractivity contribution in [3.05, 3.63) is 63.9 Å². The summed E-state index contributed by atoms with van der Waals surface area (Å²) >= 11 is 0. The molecule has 21 heavy (non-hydrogen) atoms. The van der Waals surface area contributed by atoms with Gasteiger partial charge in [0.05, 0.1) is 22.5 Å². The summed E-state index contributed by atoms with van der Waals surface area (Å²) in [7, 11) is 0. The van der Waals surface area contributed by atoms with Gasteiger partial charge in [-0.05, 0) is 30.3 Å². The smallest absolute Gasteiger partial charge is 0.259 e. The highest BCUT2D eigenvalue weighted by atomic mass is 19.2. The molecule has 0 radical (unpaired) electrons. The summed E-state index contributed by atoms with van der Waals surface area (Å²) < 4.78 is 26.4. The van der Waals surface area contributed by atoms with Crippen molar-refractivity contribution in [2.75, 3.05) is 0 Å². The molecule has 0 fully saturated rings. The van der Waals surface area contributed by atoms with E-state index in [0.717, 1.165) is 12.1 Å². The van der Waals surface area contributed by atoms with Gasteiger partial charge in [-0.25, -0.2) is 13.8 Å². The van der Waals surface area contributed by atoms with Crippen molar-refractivity contribution < 1.29 is 8.78 Å². The molecule has 0 aliphatic carbocycles. The Balaban J connectivity index is 2.22. The third kappa shape index (κ3) is 2.25. The molecule has 1 N–H and O–H groups in total. The average molecular weight is 283 g/mol. The molecular formula is C15H7F2N3O. The van der Waals surface area contributed by atoms with Gasteiger partial charge in [0, 0.05) is 11.6 Å². The van der Waals surface area contributed by atoms with E-state index in [1.54, 1.807) is 24.3 Å². The first-order valence-corrected chi connectivity index (χ1v) is 5.98. The van der Waals surface area contributed by atoms with Gasteiger partial charge in [-0.15, -0.1) is 0 Å². The molecule has 0 spiro atoms. The molecule has 0 saturated carbocycles. The number of aromatic nitrogens is 2. The Kier molecular flexibility index (Phi) is 2.95. The van der Waals surface area contributed by atoms with Crippen molar-refractivity contribution in [1.82, 2.24) is 9.97 Å². The number of hydrogen-bond donors (Lipinski definition) is 1. The van der Waals surface area contributed by atoms with Crippen molar-refractivity contribution in [1.29, 1.82) is 5.26 Å². The Bertz CT molecular complexity index is 940. The van der Waals surface area contributed by atoms with Crippen LogP contribution in [-0.2, 0) is 0 Å². The largest absolute Gasteiger partial charge is 0.306 e. The van der Waals surface area contributed by atoms with E-state index in [-0.39, 0.29) is 16.7 Å². The molecule has 102 valence electrons. The minimum atomic E-state index is -1.10. The second kappa shape index (κ2) is 4.80. The number of hydrogen-bond acceptors (Lipinski definition) is 3. The number of nitrogens with zero attached hydrogens (tertiary/aromatic N) is 2. The lowest BCUT2D eigenvalue weighted by molar-refractivity contribution is 0.510. The van der Waals surface area contributed by atoms with E-state index >= 15 is 0 Å². The van der Waals surface area contributed by atoms with Gasteiger partial charge in [0.25, 0.3) is 5.56 Å². The van der Waals surface area contributed by atoms with Crippen LogP contribution < -0.4 is 5.56 Å². The van der Waals surface area contributed by atoms with Crippen LogP contribution in [0.4, 0.5) is 8.78 Å². The van der Waals surface area contributed by atoms with Gasteiger partial charge < -0.3 is 4.98 Å². The first-order valence-electron chi connectivity index (χ1n) is 5.98. The number of nitriles is 1. The molecule has 1 heterocycles. The predicted molar refractivity (Wildman–Crippen MR) is 72.4 cm³/mol. The molecule has 0 saturated heterocycles. The third-order valence-electron chi connectivity index (χ3n) is 3.03. The topological polar surface area (TPSA) is 69.5 Å². The van der Waals surface area contributed by atoms with Gasteiger partial charge in [-0.1, -0.05) is 0 Å². The Morgan fingerprint density at radius 3 is 2.43 bits per heavy atom. The average Bonchev–Trinajstić information content (AvgIpc) is 2.49. The lowest BCUT2D eigenvalue weighted by Gasteiger charge is -2.04. The molecule has 0 aliphatic rings. The Labute approximate surface area is 117 Å². The minimum absolute atomic E-state index is 0.0219. The van der Waals surface area contributed by atoms with Gasteiger partial charge in [0.1, 0.15) is 5.82 Å². The van der Waals surface area contributed by atoms with Crippen LogP contribution in [0.15, 0.2) is 41.2 Å². The van der Waals surface area contributed by atoms with Crippen LogP contribution in [-0.4, -0.2) is 9.97 Å². The summed E-state index contributed by atoms with van der Waals surface area (Å²) in [6.45, 7) is 0. The molecule has 0 amide bonds. The summed E-state index contributed by atoms with van der Waals surface area (Å²) in [4.78, 5) is 18.6. The zero-order chi connectivity index (χ0) is 15.0. The van der Waals surface area contributed by atoms with Crippen LogP contribution in [0.1, 0.15) is 5.56 Å². The molecule has 2 aromatic carbocycles. The number of benzene rings is 2. The Hall–Kier alpha value is -3.07. The number of rotatable bonds is 1. The number of fused-ring (bicyclic) bond motifs is 1. The summed E-state index contributed by atoms with van der Waals surface area (Å²) in [5.41, 5.74) is 0.544. The summed E-state index contributed by atoms with van der Waals surface area (Å²) in [6.07, 6.45) is 0. The number of H-pyrrole nitrogens is 1. The van der Waals surface area contributed by atoms with E-state index < -0.39 is 17.2 Å². The maximum atomic E-state index is 13.2. The third-order valence-corrected chi connectivity index (χ3v) is 3.03. The molecular weight excluding hydrogens is 276 g/mol. The van der Waals surface area contributed by atoms with Crippen LogP contribution in [0, 0.1) is 23.0 Å². The second-order valence-corrected chi connectivity index (χ2v) is 4.39. The van der Waals surface area contributed by atoms with E-state index in [1.165, 1.54) is 0 Å². The molecule has 0 atom stereocenters. The van der Waals surface area contributed by atoms with Crippen LogP contribution in [0.3, 0.4) is 0 Å². The van der Waals surface area contributed by atoms with Crippen LogP contribution >= 0.6 is 0 Å². The summed E-state index contributed by atoms with van der Waals surface area (Å²) in [5.74, 6) is -1.93. The predicted octanol–water partition coefficient (Wildman–Crippen LogP) is 2.74. The summed E-state index contributed by atoms with van der Waals surface area (Å²) in [5, 5.41) is 8.72. The second-order valence-electron chi connectivity index (χ2n) is 4.39. The zero-order valence-electron chi connectivity index (χ0n) is 10.5. The molecule has 0 unspecified atom stereocenters. The minimum Gasteiger partial charge on any atom is -0.306 e. The number of halogens is 2. The van der Waals surface area contributed by atoms with Crippen LogP contribution in [0.25, 0.3) is 22.3 Å². The highest BCUT2D eigenvalue weighted by molar-refractivity contribution is 5.79. The fraction of sp³-hybridized carbons (Fsp3) is 0. The summed E-state index contributed by atoms with van der Waals surface area (Å²) in [6, 6.07) is 10.1. The van der Waals surface area contributed by atoms with E-state index in [9.17, 15) is 13.6 Å². The quantitative estimate of drug-likeness (QED) is 0.746. The first kappa shape index (κ1) is 12.9. The molecule has 3 rings (SSSR count). The van der Waals surface area contributed by atoms with Crippen LogP contribution in [0.5, 0.6) is 0 Å². The number of nitrogens with one attached hydrogen (secondary N) is 1. The standard InChI is InChI=1S/C15H7F2N3O/c16-11-5-10-13(6-12(11)17)19-14(20-15(10)21)9-3-1-8(7-18)2-4-9/h1-6H,(H,19,20,21). The fourth-order valence-electron chi connectivity index (χ4n) is 1.97. The SMILES string of the molecule is N#Cc1ccc(-c2nc3cc(F)c(F)cc3c(=O)[nH]2)cc1. The fourth-order valence-corrected chi connectivity index (χ4v) is 1.97.